The van der Waals surface area contributed by atoms with E-state index >= 15 is 0 Å². The van der Waals surface area contributed by atoms with E-state index in [0.29, 0.717) is 6.54 Å². The number of carbonyl (C=O) groups excluding carboxylic acids is 1. The van der Waals surface area contributed by atoms with Gasteiger partial charge in [-0.05, 0) is 39.3 Å². The zero-order valence-electron chi connectivity index (χ0n) is 20.7. The molecule has 0 aliphatic rings. The summed E-state index contributed by atoms with van der Waals surface area (Å²) in [6.07, 6.45) is 17.1. The number of hydrogen-bond donors (Lipinski definition) is 2. The predicted octanol–water partition coefficient (Wildman–Crippen LogP) is 7.32. The SMILES string of the molecule is CCC(CCCCCCCCCNC(=O)OC(C)(C)C)CCCCCC[N-]C(C)O. The minimum Gasteiger partial charge on any atom is -0.637 e. The topological polar surface area (TPSA) is 72.7 Å². The second kappa shape index (κ2) is 18.9. The van der Waals surface area contributed by atoms with Gasteiger partial charge in [0.05, 0.1) is 0 Å². The van der Waals surface area contributed by atoms with Gasteiger partial charge < -0.3 is 20.5 Å². The Labute approximate surface area is 187 Å². The van der Waals surface area contributed by atoms with Crippen molar-refractivity contribution < 1.29 is 14.6 Å². The number of amides is 1. The van der Waals surface area contributed by atoms with Gasteiger partial charge in [0.1, 0.15) is 5.60 Å². The van der Waals surface area contributed by atoms with Gasteiger partial charge in [0.2, 0.25) is 0 Å². The van der Waals surface area contributed by atoms with E-state index in [4.69, 9.17) is 9.84 Å². The third-order valence-electron chi connectivity index (χ3n) is 5.45. The number of alkyl carbamates (subject to hydrolysis) is 1. The average molecular weight is 428 g/mol. The highest BCUT2D eigenvalue weighted by Gasteiger charge is 2.15. The summed E-state index contributed by atoms with van der Waals surface area (Å²) >= 11 is 0. The van der Waals surface area contributed by atoms with E-state index in [1.165, 1.54) is 77.0 Å². The second-order valence-corrected chi connectivity index (χ2v) is 9.71. The number of rotatable bonds is 19. The molecular weight excluding hydrogens is 376 g/mol. The van der Waals surface area contributed by atoms with Gasteiger partial charge in [0.15, 0.2) is 0 Å². The summed E-state index contributed by atoms with van der Waals surface area (Å²) in [7, 11) is 0. The first-order chi connectivity index (χ1) is 14.2. The molecule has 5 heteroatoms. The Hall–Kier alpha value is -0.810. The third kappa shape index (κ3) is 21.9. The summed E-state index contributed by atoms with van der Waals surface area (Å²) in [5, 5.41) is 16.0. The molecule has 0 fully saturated rings. The summed E-state index contributed by atoms with van der Waals surface area (Å²) in [6.45, 7) is 11.2. The van der Waals surface area contributed by atoms with Crippen LogP contribution in [0.2, 0.25) is 0 Å². The van der Waals surface area contributed by atoms with E-state index in [1.54, 1.807) is 6.92 Å². The lowest BCUT2D eigenvalue weighted by Gasteiger charge is -2.22. The first-order valence-corrected chi connectivity index (χ1v) is 12.6. The van der Waals surface area contributed by atoms with Crippen molar-refractivity contribution in [1.82, 2.24) is 5.32 Å². The fourth-order valence-electron chi connectivity index (χ4n) is 3.68. The van der Waals surface area contributed by atoms with Gasteiger partial charge >= 0.3 is 6.09 Å². The molecule has 180 valence electrons. The van der Waals surface area contributed by atoms with E-state index < -0.39 is 11.8 Å². The predicted molar refractivity (Wildman–Crippen MR) is 128 cm³/mol. The van der Waals surface area contributed by atoms with E-state index in [9.17, 15) is 4.79 Å². The van der Waals surface area contributed by atoms with Gasteiger partial charge in [-0.25, -0.2) is 4.79 Å². The van der Waals surface area contributed by atoms with Crippen molar-refractivity contribution in [3.8, 4) is 0 Å². The molecule has 0 aromatic heterocycles. The Morgan fingerprint density at radius 1 is 0.900 bits per heavy atom. The number of carbonyl (C=O) groups is 1. The number of aliphatic hydroxyl groups excluding tert-OH is 1. The molecule has 0 saturated heterocycles. The van der Waals surface area contributed by atoms with Gasteiger partial charge in [0.25, 0.3) is 0 Å². The first kappa shape index (κ1) is 29.2. The molecule has 0 aromatic carbocycles. The average Bonchev–Trinajstić information content (AvgIpc) is 2.65. The molecule has 0 heterocycles. The van der Waals surface area contributed by atoms with Gasteiger partial charge in [0, 0.05) is 6.54 Å². The van der Waals surface area contributed by atoms with Crippen molar-refractivity contribution in [3.63, 3.8) is 0 Å². The molecule has 0 rings (SSSR count). The van der Waals surface area contributed by atoms with Crippen LogP contribution in [0.1, 0.15) is 125 Å². The number of aliphatic hydroxyl groups is 1. The maximum atomic E-state index is 11.5. The van der Waals surface area contributed by atoms with Crippen LogP contribution in [-0.4, -0.2) is 36.1 Å². The number of nitrogens with zero attached hydrogens (tertiary/aromatic N) is 1. The Morgan fingerprint density at radius 3 is 1.90 bits per heavy atom. The Balaban J connectivity index is 3.41. The fourth-order valence-corrected chi connectivity index (χ4v) is 3.68. The normalized spacial score (nSPS) is 13.8. The number of ether oxygens (including phenoxy) is 1. The Bertz CT molecular complexity index is 394. The highest BCUT2D eigenvalue weighted by molar-refractivity contribution is 5.67. The van der Waals surface area contributed by atoms with Crippen molar-refractivity contribution >= 4 is 6.09 Å². The molecule has 1 amide bonds. The highest BCUT2D eigenvalue weighted by Crippen LogP contribution is 2.21. The summed E-state index contributed by atoms with van der Waals surface area (Å²) in [5.74, 6) is 0.895. The molecule has 0 saturated carbocycles. The van der Waals surface area contributed by atoms with Gasteiger partial charge in [-0.3, -0.25) is 0 Å². The lowest BCUT2D eigenvalue weighted by Crippen LogP contribution is -2.32. The monoisotopic (exact) mass is 427 g/mol. The minimum atomic E-state index is -0.504. The van der Waals surface area contributed by atoms with Crippen LogP contribution in [0.5, 0.6) is 0 Å². The molecule has 0 bridgehead atoms. The summed E-state index contributed by atoms with van der Waals surface area (Å²) in [4.78, 5) is 11.5. The van der Waals surface area contributed by atoms with E-state index in [-0.39, 0.29) is 6.09 Å². The van der Waals surface area contributed by atoms with Crippen molar-refractivity contribution in [1.29, 1.82) is 0 Å². The van der Waals surface area contributed by atoms with Gasteiger partial charge in [-0.2, -0.15) is 0 Å². The Kier molecular flexibility index (Phi) is 18.4. The quantitative estimate of drug-likeness (QED) is 0.212. The molecule has 2 unspecified atom stereocenters. The van der Waals surface area contributed by atoms with Crippen LogP contribution < -0.4 is 5.32 Å². The summed E-state index contributed by atoms with van der Waals surface area (Å²) in [6, 6.07) is 0. The van der Waals surface area contributed by atoms with Crippen LogP contribution in [-0.2, 0) is 4.74 Å². The van der Waals surface area contributed by atoms with Gasteiger partial charge in [-0.15, -0.1) is 6.54 Å². The third-order valence-corrected chi connectivity index (χ3v) is 5.45. The zero-order chi connectivity index (χ0) is 22.7. The van der Waals surface area contributed by atoms with Crippen LogP contribution in [0.25, 0.3) is 5.32 Å². The van der Waals surface area contributed by atoms with Crippen LogP contribution in [0.15, 0.2) is 0 Å². The zero-order valence-corrected chi connectivity index (χ0v) is 20.7. The molecule has 2 atom stereocenters. The molecule has 30 heavy (non-hydrogen) atoms. The molecule has 0 spiro atoms. The molecule has 0 radical (unpaired) electrons. The van der Waals surface area contributed by atoms with Crippen LogP contribution >= 0.6 is 0 Å². The summed E-state index contributed by atoms with van der Waals surface area (Å²) < 4.78 is 5.23. The van der Waals surface area contributed by atoms with Gasteiger partial charge in [-0.1, -0.05) is 97.3 Å². The summed E-state index contributed by atoms with van der Waals surface area (Å²) in [5.41, 5.74) is -0.420. The van der Waals surface area contributed by atoms with Crippen molar-refractivity contribution in [3.05, 3.63) is 5.32 Å². The van der Waals surface area contributed by atoms with E-state index in [1.807, 2.05) is 20.8 Å². The lowest BCUT2D eigenvalue weighted by atomic mass is 9.92. The van der Waals surface area contributed by atoms with Crippen LogP contribution in [0, 0.1) is 5.92 Å². The number of nitrogens with one attached hydrogen (secondary N) is 1. The molecule has 5 nitrogen and oxygen atoms in total. The maximum Gasteiger partial charge on any atom is 0.407 e. The molecule has 0 aliphatic carbocycles. The standard InChI is InChI=1S/C25H51N2O3/c1-6-23(19-15-11-13-16-20-26-22(2)28)18-14-10-8-7-9-12-17-21-27-24(29)30-25(3,4)5/h22-23,28H,6-21H2,1-5H3,(H,27,29)/q-1. The molecule has 2 N–H and O–H groups in total. The molecule has 0 aromatic rings. The first-order valence-electron chi connectivity index (χ1n) is 12.6. The van der Waals surface area contributed by atoms with Crippen LogP contribution in [0.4, 0.5) is 4.79 Å². The number of unbranched alkanes of at least 4 members (excludes halogenated alkanes) is 9. The van der Waals surface area contributed by atoms with E-state index in [2.05, 4.69) is 17.6 Å². The van der Waals surface area contributed by atoms with Crippen molar-refractivity contribution in [2.75, 3.05) is 13.1 Å². The smallest absolute Gasteiger partial charge is 0.407 e. The van der Waals surface area contributed by atoms with Crippen molar-refractivity contribution in [2.24, 2.45) is 5.92 Å². The maximum absolute atomic E-state index is 11.5. The number of hydrogen-bond acceptors (Lipinski definition) is 3. The molecular formula is C25H51N2O3-. The fraction of sp³-hybridized carbons (Fsp3) is 0.960. The largest absolute Gasteiger partial charge is 0.637 e. The lowest BCUT2D eigenvalue weighted by molar-refractivity contribution is 0.0527. The minimum absolute atomic E-state index is 0.306. The second-order valence-electron chi connectivity index (χ2n) is 9.71. The van der Waals surface area contributed by atoms with Crippen LogP contribution in [0.3, 0.4) is 0 Å². The Morgan fingerprint density at radius 2 is 1.40 bits per heavy atom. The van der Waals surface area contributed by atoms with Crippen molar-refractivity contribution in [2.45, 2.75) is 136 Å². The van der Waals surface area contributed by atoms with E-state index in [0.717, 1.165) is 25.3 Å². The highest BCUT2D eigenvalue weighted by atomic mass is 16.6. The molecule has 0 aliphatic heterocycles.